The maximum absolute atomic E-state index is 11.9. The van der Waals surface area contributed by atoms with Crippen molar-refractivity contribution in [3.05, 3.63) is 0 Å². The number of nitrogens with zero attached hydrogens (tertiary/aromatic N) is 1. The Hall–Kier alpha value is -0.500. The number of phosphoric acid groups is 1. The van der Waals surface area contributed by atoms with Crippen LogP contribution >= 0.6 is 7.82 Å². The number of phosphoric ester groups is 1. The second-order valence-electron chi connectivity index (χ2n) is 12.8. The van der Waals surface area contributed by atoms with Gasteiger partial charge < -0.3 is 19.2 Å². The van der Waals surface area contributed by atoms with Crippen LogP contribution in [0.15, 0.2) is 0 Å². The van der Waals surface area contributed by atoms with Crippen LogP contribution in [0.25, 0.3) is 0 Å². The van der Waals surface area contributed by atoms with E-state index in [-0.39, 0.29) is 19.2 Å². The molecule has 0 aromatic carbocycles. The molecule has 41 heavy (non-hydrogen) atoms. The molecule has 0 amide bonds. The largest absolute Gasteiger partial charge is 0.472 e. The fraction of sp³-hybridized carbons (Fsp3) is 0.969. The second-order valence-corrected chi connectivity index (χ2v) is 14.2. The van der Waals surface area contributed by atoms with Crippen molar-refractivity contribution < 1.29 is 37.6 Å². The molecule has 0 fully saturated rings. The summed E-state index contributed by atoms with van der Waals surface area (Å²) in [7, 11) is 1.57. The number of esters is 1. The van der Waals surface area contributed by atoms with Crippen molar-refractivity contribution in [2.24, 2.45) is 0 Å². The second kappa shape index (κ2) is 27.1. The Kier molecular flexibility index (Phi) is 26.7. The Morgan fingerprint density at radius 2 is 1.05 bits per heavy atom. The van der Waals surface area contributed by atoms with Crippen LogP contribution in [0.2, 0.25) is 0 Å². The number of rotatable bonds is 31. The summed E-state index contributed by atoms with van der Waals surface area (Å²) in [5.41, 5.74) is 0. The summed E-state index contributed by atoms with van der Waals surface area (Å²) in [6.45, 7) is 2.16. The first-order chi connectivity index (χ1) is 19.6. The molecule has 246 valence electrons. The van der Waals surface area contributed by atoms with Crippen LogP contribution in [-0.4, -0.2) is 74.1 Å². The van der Waals surface area contributed by atoms with E-state index in [2.05, 4.69) is 6.92 Å². The number of likely N-dealkylation sites (N-methyl/N-ethyl adjacent to an activating group) is 1. The summed E-state index contributed by atoms with van der Waals surface area (Å²) < 4.78 is 27.1. The smallest absolute Gasteiger partial charge is 0.463 e. The number of aliphatic hydroxyl groups excluding tert-OH is 1. The molecule has 0 aliphatic rings. The highest BCUT2D eigenvalue weighted by molar-refractivity contribution is 7.47. The van der Waals surface area contributed by atoms with E-state index in [4.69, 9.17) is 13.8 Å². The van der Waals surface area contributed by atoms with E-state index in [0.717, 1.165) is 19.3 Å². The first-order valence-electron chi connectivity index (χ1n) is 16.8. The number of hydrogen-bond acceptors (Lipinski definition) is 6. The van der Waals surface area contributed by atoms with Crippen LogP contribution in [0, 0.1) is 0 Å². The van der Waals surface area contributed by atoms with Gasteiger partial charge in [-0.1, -0.05) is 135 Å². The Bertz CT molecular complexity index is 642. The third-order valence-electron chi connectivity index (χ3n) is 7.37. The molecule has 9 heteroatoms. The molecule has 0 heterocycles. The lowest BCUT2D eigenvalue weighted by atomic mass is 10.0. The first-order valence-corrected chi connectivity index (χ1v) is 18.3. The van der Waals surface area contributed by atoms with Crippen LogP contribution < -0.4 is 0 Å². The number of unbranched alkanes of at least 4 members (excludes halogenated alkanes) is 20. The number of hydrogen-bond donors (Lipinski definition) is 2. The molecule has 0 aromatic rings. The average Bonchev–Trinajstić information content (AvgIpc) is 2.90. The number of carbonyl (C=O) groups excluding carboxylic acids is 1. The fourth-order valence-electron chi connectivity index (χ4n) is 4.66. The van der Waals surface area contributed by atoms with Crippen LogP contribution in [0.1, 0.15) is 148 Å². The molecule has 2 N–H and O–H groups in total. The summed E-state index contributed by atoms with van der Waals surface area (Å²) in [5, 5.41) is 9.87. The van der Waals surface area contributed by atoms with Crippen LogP contribution in [0.5, 0.6) is 0 Å². The molecule has 0 bridgehead atoms. The summed E-state index contributed by atoms with van der Waals surface area (Å²) in [4.78, 5) is 21.5. The normalized spacial score (nSPS) is 14.2. The Labute approximate surface area is 253 Å². The third kappa shape index (κ3) is 32.3. The Balaban J connectivity index is 3.41. The molecule has 2 unspecified atom stereocenters. The predicted octanol–water partition coefficient (Wildman–Crippen LogP) is 8.33. The number of ether oxygens (including phenoxy) is 1. The number of carbonyl (C=O) groups is 1. The zero-order chi connectivity index (χ0) is 30.7. The van der Waals surface area contributed by atoms with Gasteiger partial charge in [0, 0.05) is 6.42 Å². The van der Waals surface area contributed by atoms with Crippen molar-refractivity contribution in [1.82, 2.24) is 0 Å². The average molecular weight is 609 g/mol. The molecule has 0 aliphatic heterocycles. The van der Waals surface area contributed by atoms with Gasteiger partial charge >= 0.3 is 13.8 Å². The van der Waals surface area contributed by atoms with Gasteiger partial charge in [0.1, 0.15) is 25.9 Å². The van der Waals surface area contributed by atoms with Gasteiger partial charge in [-0.15, -0.1) is 0 Å². The van der Waals surface area contributed by atoms with E-state index >= 15 is 0 Å². The third-order valence-corrected chi connectivity index (χ3v) is 8.35. The van der Waals surface area contributed by atoms with E-state index < -0.39 is 20.5 Å². The molecule has 2 atom stereocenters. The standard InChI is InChI=1S/C32H66NO7P/c1-5-6-7-8-9-10-11-12-13-14-15-16-17-18-19-20-21-22-23-24-25-26-32(35)38-29-31(34)30-40-41(36,37)39-28-27-33(2,3)4/h31,34H,5-30H2,1-4H3/p+1. The van der Waals surface area contributed by atoms with Crippen molar-refractivity contribution in [3.8, 4) is 0 Å². The summed E-state index contributed by atoms with van der Waals surface area (Å²) in [6.07, 6.45) is 26.9. The summed E-state index contributed by atoms with van der Waals surface area (Å²) >= 11 is 0. The zero-order valence-corrected chi connectivity index (χ0v) is 28.2. The van der Waals surface area contributed by atoms with Crippen LogP contribution in [0.4, 0.5) is 0 Å². The molecule has 0 aromatic heterocycles. The molecule has 0 spiro atoms. The van der Waals surface area contributed by atoms with Crippen molar-refractivity contribution in [1.29, 1.82) is 0 Å². The molecule has 0 saturated heterocycles. The maximum Gasteiger partial charge on any atom is 0.472 e. The van der Waals surface area contributed by atoms with Gasteiger partial charge in [-0.05, 0) is 6.42 Å². The highest BCUT2D eigenvalue weighted by Crippen LogP contribution is 2.43. The lowest BCUT2D eigenvalue weighted by Crippen LogP contribution is -2.37. The minimum absolute atomic E-state index is 0.0574. The van der Waals surface area contributed by atoms with Crippen LogP contribution in [-0.2, 0) is 23.1 Å². The Morgan fingerprint density at radius 1 is 0.659 bits per heavy atom. The molecule has 0 saturated carbocycles. The summed E-state index contributed by atoms with van der Waals surface area (Å²) in [6, 6.07) is 0. The van der Waals surface area contributed by atoms with E-state index in [9.17, 15) is 19.4 Å². The van der Waals surface area contributed by atoms with Gasteiger partial charge in [0.2, 0.25) is 0 Å². The highest BCUT2D eigenvalue weighted by Gasteiger charge is 2.24. The van der Waals surface area contributed by atoms with Crippen molar-refractivity contribution in [3.63, 3.8) is 0 Å². The molecule has 0 radical (unpaired) electrons. The minimum atomic E-state index is -4.24. The van der Waals surface area contributed by atoms with Gasteiger partial charge in [0.25, 0.3) is 0 Å². The fourth-order valence-corrected chi connectivity index (χ4v) is 5.41. The molecule has 0 rings (SSSR count). The van der Waals surface area contributed by atoms with Crippen LogP contribution in [0.3, 0.4) is 0 Å². The Morgan fingerprint density at radius 3 is 1.44 bits per heavy atom. The van der Waals surface area contributed by atoms with E-state index in [1.807, 2.05) is 21.1 Å². The van der Waals surface area contributed by atoms with E-state index in [1.54, 1.807) is 0 Å². The minimum Gasteiger partial charge on any atom is -0.463 e. The SMILES string of the molecule is CCCCCCCCCCCCCCCCCCCCCCCC(=O)OCC(O)COP(=O)(O)OCC[N+](C)(C)C. The van der Waals surface area contributed by atoms with E-state index in [1.165, 1.54) is 116 Å². The topological polar surface area (TPSA) is 102 Å². The predicted molar refractivity (Wildman–Crippen MR) is 169 cm³/mol. The van der Waals surface area contributed by atoms with Gasteiger partial charge in [0.15, 0.2) is 0 Å². The van der Waals surface area contributed by atoms with Crippen molar-refractivity contribution >= 4 is 13.8 Å². The van der Waals surface area contributed by atoms with Gasteiger partial charge in [-0.2, -0.15) is 0 Å². The summed E-state index contributed by atoms with van der Waals surface area (Å²) in [5.74, 6) is -0.367. The monoisotopic (exact) mass is 608 g/mol. The van der Waals surface area contributed by atoms with Crippen molar-refractivity contribution in [2.45, 2.75) is 154 Å². The van der Waals surface area contributed by atoms with Crippen molar-refractivity contribution in [2.75, 3.05) is 47.5 Å². The molecule has 8 nitrogen and oxygen atoms in total. The van der Waals surface area contributed by atoms with Gasteiger partial charge in [-0.3, -0.25) is 13.8 Å². The number of aliphatic hydroxyl groups is 1. The zero-order valence-electron chi connectivity index (χ0n) is 27.3. The maximum atomic E-state index is 11.9. The molecular formula is C32H67NO7P+. The highest BCUT2D eigenvalue weighted by atomic mass is 31.2. The number of quaternary nitrogens is 1. The lowest BCUT2D eigenvalue weighted by molar-refractivity contribution is -0.870. The van der Waals surface area contributed by atoms with E-state index in [0.29, 0.717) is 17.4 Å². The quantitative estimate of drug-likeness (QED) is 0.0353. The first kappa shape index (κ1) is 40.5. The lowest BCUT2D eigenvalue weighted by Gasteiger charge is -2.24. The van der Waals surface area contributed by atoms with Gasteiger partial charge in [-0.25, -0.2) is 4.57 Å². The molecule has 0 aliphatic carbocycles. The molecular weight excluding hydrogens is 541 g/mol. The van der Waals surface area contributed by atoms with Gasteiger partial charge in [0.05, 0.1) is 27.7 Å².